The first-order chi connectivity index (χ1) is 9.65. The summed E-state index contributed by atoms with van der Waals surface area (Å²) in [6.07, 6.45) is 0. The zero-order valence-corrected chi connectivity index (χ0v) is 11.4. The van der Waals surface area contributed by atoms with Crippen LogP contribution in [0, 0.1) is 0 Å². The number of hydrogen-bond acceptors (Lipinski definition) is 4. The Morgan fingerprint density at radius 2 is 1.85 bits per heavy atom. The number of hydrogen-bond donors (Lipinski definition) is 1. The van der Waals surface area contributed by atoms with Crippen LogP contribution >= 0.6 is 0 Å². The Bertz CT molecular complexity index is 713. The van der Waals surface area contributed by atoms with Crippen LogP contribution in [0.1, 0.15) is 0 Å². The van der Waals surface area contributed by atoms with Gasteiger partial charge >= 0.3 is 0 Å². The third-order valence-corrected chi connectivity index (χ3v) is 4.32. The first-order valence-electron chi connectivity index (χ1n) is 6.14. The lowest BCUT2D eigenvalue weighted by Gasteiger charge is -2.10. The Balaban J connectivity index is 1.98. The molecular formula is C14H13NO4S. The molecule has 0 amide bonds. The molecule has 1 N–H and O–H groups in total. The molecule has 2 aromatic rings. The van der Waals surface area contributed by atoms with Crippen LogP contribution < -0.4 is 14.2 Å². The maximum absolute atomic E-state index is 12.1. The number of nitrogens with one attached hydrogen (secondary N) is 1. The van der Waals surface area contributed by atoms with E-state index in [0.717, 1.165) is 0 Å². The van der Waals surface area contributed by atoms with Crippen molar-refractivity contribution in [2.24, 2.45) is 0 Å². The number of benzene rings is 2. The molecule has 0 fully saturated rings. The number of rotatable bonds is 2. The lowest BCUT2D eigenvalue weighted by Crippen LogP contribution is -2.24. The van der Waals surface area contributed by atoms with Crippen LogP contribution in [0.5, 0.6) is 17.2 Å². The van der Waals surface area contributed by atoms with Crippen LogP contribution in [0.4, 0.5) is 0 Å². The molecule has 1 aliphatic rings. The molecule has 0 aromatic heterocycles. The highest BCUT2D eigenvalue weighted by Gasteiger charge is 2.23. The van der Waals surface area contributed by atoms with Crippen molar-refractivity contribution < 1.29 is 17.9 Å². The summed E-state index contributed by atoms with van der Waals surface area (Å²) in [5.74, 6) is 1.44. The van der Waals surface area contributed by atoms with E-state index >= 15 is 0 Å². The molecule has 104 valence electrons. The van der Waals surface area contributed by atoms with Gasteiger partial charge in [-0.25, -0.2) is 13.1 Å². The predicted octanol–water partition coefficient (Wildman–Crippen LogP) is 2.15. The molecule has 0 unspecified atom stereocenters. The second-order valence-corrected chi connectivity index (χ2v) is 6.01. The third kappa shape index (κ3) is 2.61. The van der Waals surface area contributed by atoms with Gasteiger partial charge in [0, 0.05) is 12.6 Å². The van der Waals surface area contributed by atoms with Gasteiger partial charge in [0.05, 0.1) is 0 Å². The Labute approximate surface area is 117 Å². The first kappa shape index (κ1) is 13.0. The van der Waals surface area contributed by atoms with Crippen molar-refractivity contribution >= 4 is 10.0 Å². The van der Waals surface area contributed by atoms with Crippen molar-refractivity contribution in [3.8, 4) is 17.2 Å². The molecule has 0 spiro atoms. The van der Waals surface area contributed by atoms with Gasteiger partial charge in [0.25, 0.3) is 0 Å². The van der Waals surface area contributed by atoms with Gasteiger partial charge in [-0.3, -0.25) is 0 Å². The fraction of sp³-hybridized carbons (Fsp3) is 0.143. The van der Waals surface area contributed by atoms with Crippen LogP contribution in [0.3, 0.4) is 0 Å². The average Bonchev–Trinajstić information content (AvgIpc) is 2.59. The summed E-state index contributed by atoms with van der Waals surface area (Å²) in [6.45, 7) is 0.566. The van der Waals surface area contributed by atoms with Gasteiger partial charge in [-0.05, 0) is 24.3 Å². The largest absolute Gasteiger partial charge is 0.491 e. The molecule has 0 atom stereocenters. The quantitative estimate of drug-likeness (QED) is 0.920. The summed E-state index contributed by atoms with van der Waals surface area (Å²) >= 11 is 0. The minimum Gasteiger partial charge on any atom is -0.491 e. The zero-order valence-electron chi connectivity index (χ0n) is 10.6. The van der Waals surface area contributed by atoms with Gasteiger partial charge in [0.15, 0.2) is 0 Å². The van der Waals surface area contributed by atoms with Crippen LogP contribution in [0.25, 0.3) is 0 Å². The highest BCUT2D eigenvalue weighted by atomic mass is 32.2. The second-order valence-electron chi connectivity index (χ2n) is 4.27. The summed E-state index contributed by atoms with van der Waals surface area (Å²) in [4.78, 5) is 0.100. The van der Waals surface area contributed by atoms with Crippen LogP contribution in [0.2, 0.25) is 0 Å². The van der Waals surface area contributed by atoms with Crippen molar-refractivity contribution in [2.75, 3.05) is 13.2 Å². The molecule has 0 radical (unpaired) electrons. The average molecular weight is 291 g/mol. The standard InChI is InChI=1S/C14H13NO4S/c16-20(17)14-10-12(19-11-4-2-1-3-5-11)6-7-13(14)18-9-8-15-20/h1-7,10,15H,8-9H2. The number of sulfonamides is 1. The number of para-hydroxylation sites is 1. The van der Waals surface area contributed by atoms with Crippen LogP contribution in [0.15, 0.2) is 53.4 Å². The van der Waals surface area contributed by atoms with E-state index in [1.165, 1.54) is 6.07 Å². The monoisotopic (exact) mass is 291 g/mol. The maximum atomic E-state index is 12.1. The van der Waals surface area contributed by atoms with Gasteiger partial charge in [0.2, 0.25) is 10.0 Å². The zero-order chi connectivity index (χ0) is 14.0. The van der Waals surface area contributed by atoms with Crippen molar-refractivity contribution in [1.29, 1.82) is 0 Å². The summed E-state index contributed by atoms with van der Waals surface area (Å²) < 4.78 is 37.6. The fourth-order valence-corrected chi connectivity index (χ4v) is 3.09. The van der Waals surface area contributed by atoms with E-state index < -0.39 is 10.0 Å². The van der Waals surface area contributed by atoms with Crippen molar-refractivity contribution in [2.45, 2.75) is 4.90 Å². The van der Waals surface area contributed by atoms with E-state index in [0.29, 0.717) is 23.9 Å². The Morgan fingerprint density at radius 3 is 2.65 bits per heavy atom. The van der Waals surface area contributed by atoms with E-state index in [2.05, 4.69) is 4.72 Å². The summed E-state index contributed by atoms with van der Waals surface area (Å²) in [7, 11) is -3.55. The molecule has 1 aliphatic heterocycles. The van der Waals surface area contributed by atoms with Crippen molar-refractivity contribution in [3.63, 3.8) is 0 Å². The maximum Gasteiger partial charge on any atom is 0.244 e. The van der Waals surface area contributed by atoms with E-state index in [1.54, 1.807) is 24.3 Å². The molecule has 3 rings (SSSR count). The summed E-state index contributed by atoms with van der Waals surface area (Å²) in [5.41, 5.74) is 0. The molecule has 6 heteroatoms. The van der Waals surface area contributed by atoms with Gasteiger partial charge in [0.1, 0.15) is 28.8 Å². The highest BCUT2D eigenvalue weighted by Crippen LogP contribution is 2.31. The minimum absolute atomic E-state index is 0.100. The lowest BCUT2D eigenvalue weighted by molar-refractivity contribution is 0.320. The molecule has 1 heterocycles. The van der Waals surface area contributed by atoms with E-state index in [4.69, 9.17) is 9.47 Å². The van der Waals surface area contributed by atoms with Gasteiger partial charge in [-0.2, -0.15) is 0 Å². The second kappa shape index (κ2) is 5.15. The van der Waals surface area contributed by atoms with E-state index in [-0.39, 0.29) is 11.4 Å². The topological polar surface area (TPSA) is 64.6 Å². The fourth-order valence-electron chi connectivity index (χ4n) is 1.92. The molecule has 20 heavy (non-hydrogen) atoms. The smallest absolute Gasteiger partial charge is 0.244 e. The van der Waals surface area contributed by atoms with Crippen molar-refractivity contribution in [3.05, 3.63) is 48.5 Å². The van der Waals surface area contributed by atoms with Crippen LogP contribution in [-0.4, -0.2) is 21.6 Å². The number of fused-ring (bicyclic) bond motifs is 1. The molecule has 0 aliphatic carbocycles. The summed E-state index contributed by atoms with van der Waals surface area (Å²) in [6, 6.07) is 13.9. The molecule has 2 aromatic carbocycles. The van der Waals surface area contributed by atoms with E-state index in [1.807, 2.05) is 18.2 Å². The first-order valence-corrected chi connectivity index (χ1v) is 7.63. The predicted molar refractivity (Wildman–Crippen MR) is 73.6 cm³/mol. The molecule has 5 nitrogen and oxygen atoms in total. The van der Waals surface area contributed by atoms with Crippen LogP contribution in [-0.2, 0) is 10.0 Å². The summed E-state index contributed by atoms with van der Waals surface area (Å²) in [5, 5.41) is 0. The van der Waals surface area contributed by atoms with E-state index in [9.17, 15) is 8.42 Å². The SMILES string of the molecule is O=S1(=O)NCCOc2ccc(Oc3ccccc3)cc21. The molecule has 0 bridgehead atoms. The highest BCUT2D eigenvalue weighted by molar-refractivity contribution is 7.89. The Hall–Kier alpha value is -2.05. The van der Waals surface area contributed by atoms with Crippen molar-refractivity contribution in [1.82, 2.24) is 4.72 Å². The number of ether oxygens (including phenoxy) is 2. The Kier molecular flexibility index (Phi) is 3.33. The minimum atomic E-state index is -3.55. The van der Waals surface area contributed by atoms with Gasteiger partial charge < -0.3 is 9.47 Å². The molecule has 0 saturated heterocycles. The Morgan fingerprint density at radius 1 is 1.05 bits per heavy atom. The van der Waals surface area contributed by atoms with Gasteiger partial charge in [-0.1, -0.05) is 18.2 Å². The molecule has 0 saturated carbocycles. The lowest BCUT2D eigenvalue weighted by atomic mass is 10.3. The normalized spacial score (nSPS) is 16.6. The third-order valence-electron chi connectivity index (χ3n) is 2.84. The molecular weight excluding hydrogens is 278 g/mol. The van der Waals surface area contributed by atoms with Gasteiger partial charge in [-0.15, -0.1) is 0 Å².